The highest BCUT2D eigenvalue weighted by Crippen LogP contribution is 2.28. The lowest BCUT2D eigenvalue weighted by molar-refractivity contribution is 1.06. The van der Waals surface area contributed by atoms with Gasteiger partial charge in [-0.3, -0.25) is 0 Å². The Kier molecular flexibility index (Phi) is 2.26. The second-order valence-corrected chi connectivity index (χ2v) is 3.90. The molecule has 0 saturated carbocycles. The Hall–Kier alpha value is -0.975. The number of hydrogen-bond acceptors (Lipinski definition) is 0. The summed E-state index contributed by atoms with van der Waals surface area (Å²) < 4.78 is 0. The van der Waals surface area contributed by atoms with Crippen LogP contribution in [-0.4, -0.2) is 7.85 Å². The molecule has 0 atom stereocenters. The van der Waals surface area contributed by atoms with Crippen LogP contribution in [-0.2, 0) is 12.8 Å². The van der Waals surface area contributed by atoms with E-state index in [9.17, 15) is 0 Å². The molecule has 0 bridgehead atoms. The molecule has 0 fully saturated rings. The molecule has 0 amide bonds. The minimum absolute atomic E-state index is 1.17. The number of rotatable bonds is 2. The summed E-state index contributed by atoms with van der Waals surface area (Å²) in [6, 6.07) is 6.68. The Balaban J connectivity index is 2.39. The van der Waals surface area contributed by atoms with Gasteiger partial charge in [-0.2, -0.15) is 0 Å². The maximum absolute atomic E-state index is 2.31. The highest BCUT2D eigenvalue weighted by molar-refractivity contribution is 6.08. The summed E-state index contributed by atoms with van der Waals surface area (Å²) in [5, 5.41) is 0. The van der Waals surface area contributed by atoms with Gasteiger partial charge in [0.25, 0.3) is 0 Å². The molecule has 0 spiro atoms. The van der Waals surface area contributed by atoms with Gasteiger partial charge in [0.1, 0.15) is 7.85 Å². The first-order valence-corrected chi connectivity index (χ1v) is 5.09. The van der Waals surface area contributed by atoms with Crippen LogP contribution >= 0.6 is 0 Å². The average Bonchev–Trinajstić information content (AvgIpc) is 2.47. The van der Waals surface area contributed by atoms with Crippen molar-refractivity contribution < 1.29 is 0 Å². The third-order valence-corrected chi connectivity index (χ3v) is 2.69. The highest BCUT2D eigenvalue weighted by atomic mass is 14.2. The Bertz CT molecular complexity index is 350. The lowest BCUT2D eigenvalue weighted by atomic mass is 9.92. The maximum atomic E-state index is 2.31. The maximum Gasteiger partial charge on any atom is 0.101 e. The fraction of sp³-hybridized carbons (Fsp3) is 0.333. The van der Waals surface area contributed by atoms with E-state index in [1.54, 1.807) is 11.1 Å². The molecular formula is C12H15B. The zero-order chi connectivity index (χ0) is 9.26. The summed E-state index contributed by atoms with van der Waals surface area (Å²) in [6.07, 6.45) is 5.96. The lowest BCUT2D eigenvalue weighted by Crippen LogP contribution is -1.93. The molecular weight excluding hydrogens is 155 g/mol. The molecule has 13 heavy (non-hydrogen) atoms. The van der Waals surface area contributed by atoms with Crippen molar-refractivity contribution in [3.63, 3.8) is 0 Å². The molecule has 1 aromatic carbocycles. The summed E-state index contributed by atoms with van der Waals surface area (Å²) in [5.74, 6) is 0. The van der Waals surface area contributed by atoms with Crippen molar-refractivity contribution in [1.29, 1.82) is 0 Å². The van der Waals surface area contributed by atoms with Crippen molar-refractivity contribution >= 4 is 13.9 Å². The van der Waals surface area contributed by atoms with Gasteiger partial charge in [0.2, 0.25) is 0 Å². The second kappa shape index (κ2) is 3.41. The Morgan fingerprint density at radius 2 is 2.23 bits per heavy atom. The van der Waals surface area contributed by atoms with Crippen LogP contribution in [0.3, 0.4) is 0 Å². The van der Waals surface area contributed by atoms with Crippen molar-refractivity contribution in [2.45, 2.75) is 26.1 Å². The zero-order valence-corrected chi connectivity index (χ0v) is 8.43. The van der Waals surface area contributed by atoms with Gasteiger partial charge in [0.05, 0.1) is 0 Å². The zero-order valence-electron chi connectivity index (χ0n) is 8.43. The van der Waals surface area contributed by atoms with E-state index in [-0.39, 0.29) is 0 Å². The molecule has 2 rings (SSSR count). The van der Waals surface area contributed by atoms with Gasteiger partial charge < -0.3 is 0 Å². The van der Waals surface area contributed by atoms with Gasteiger partial charge in [-0.15, -0.1) is 0 Å². The quantitative estimate of drug-likeness (QED) is 0.597. The highest BCUT2D eigenvalue weighted by Gasteiger charge is 2.12. The van der Waals surface area contributed by atoms with Crippen molar-refractivity contribution in [3.05, 3.63) is 40.5 Å². The van der Waals surface area contributed by atoms with E-state index in [0.717, 1.165) is 0 Å². The fourth-order valence-corrected chi connectivity index (χ4v) is 2.10. The van der Waals surface area contributed by atoms with E-state index in [4.69, 9.17) is 0 Å². The summed E-state index contributed by atoms with van der Waals surface area (Å²) in [7, 11) is 2.24. The minimum Gasteiger partial charge on any atom is -0.0771 e. The molecule has 66 valence electrons. The summed E-state index contributed by atoms with van der Waals surface area (Å²) in [4.78, 5) is 0. The molecule has 0 heterocycles. The van der Waals surface area contributed by atoms with Gasteiger partial charge in [0.15, 0.2) is 0 Å². The van der Waals surface area contributed by atoms with Gasteiger partial charge in [0, 0.05) is 0 Å². The van der Waals surface area contributed by atoms with E-state index < -0.39 is 0 Å². The van der Waals surface area contributed by atoms with Crippen LogP contribution in [0.2, 0.25) is 6.32 Å². The van der Waals surface area contributed by atoms with E-state index in [0.29, 0.717) is 0 Å². The molecule has 0 aromatic heterocycles. The second-order valence-electron chi connectivity index (χ2n) is 3.90. The molecule has 1 heteroatoms. The Labute approximate surface area is 81.1 Å². The van der Waals surface area contributed by atoms with Gasteiger partial charge in [-0.1, -0.05) is 36.2 Å². The standard InChI is InChI=1S/C12H15B/c1-9-7-11-4-2-3-10(5-6-13)12(11)8-9/h2-4,7H,5-6,8,13H2,1H3. The normalized spacial score (nSPS) is 14.1. The fourth-order valence-electron chi connectivity index (χ4n) is 2.10. The third kappa shape index (κ3) is 1.56. The molecule has 0 radical (unpaired) electrons. The van der Waals surface area contributed by atoms with Gasteiger partial charge >= 0.3 is 0 Å². The van der Waals surface area contributed by atoms with Crippen LogP contribution in [0.25, 0.3) is 6.08 Å². The van der Waals surface area contributed by atoms with Crippen LogP contribution in [0.5, 0.6) is 0 Å². The van der Waals surface area contributed by atoms with E-state index >= 15 is 0 Å². The van der Waals surface area contributed by atoms with E-state index in [1.807, 2.05) is 0 Å². The molecule has 0 saturated heterocycles. The van der Waals surface area contributed by atoms with Gasteiger partial charge in [-0.05, 0) is 36.5 Å². The van der Waals surface area contributed by atoms with Crippen molar-refractivity contribution in [3.8, 4) is 0 Å². The van der Waals surface area contributed by atoms with Crippen LogP contribution < -0.4 is 0 Å². The average molecular weight is 170 g/mol. The Morgan fingerprint density at radius 3 is 3.00 bits per heavy atom. The Morgan fingerprint density at radius 1 is 1.38 bits per heavy atom. The molecule has 0 unspecified atom stereocenters. The predicted octanol–water partition coefficient (Wildman–Crippen LogP) is 2.24. The van der Waals surface area contributed by atoms with Crippen molar-refractivity contribution in [1.82, 2.24) is 0 Å². The number of hydrogen-bond donors (Lipinski definition) is 0. The number of aryl methyl sites for hydroxylation is 1. The van der Waals surface area contributed by atoms with Crippen molar-refractivity contribution in [2.75, 3.05) is 0 Å². The smallest absolute Gasteiger partial charge is 0.0771 e. The topological polar surface area (TPSA) is 0 Å². The van der Waals surface area contributed by atoms with E-state index in [2.05, 4.69) is 39.0 Å². The molecule has 1 aromatic rings. The largest absolute Gasteiger partial charge is 0.101 e. The van der Waals surface area contributed by atoms with Gasteiger partial charge in [-0.25, -0.2) is 0 Å². The van der Waals surface area contributed by atoms with E-state index in [1.165, 1.54) is 30.3 Å². The summed E-state index contributed by atoms with van der Waals surface area (Å²) in [6.45, 7) is 2.22. The van der Waals surface area contributed by atoms with Crippen LogP contribution in [0.1, 0.15) is 23.6 Å². The minimum atomic E-state index is 1.17. The first kappa shape index (κ1) is 8.62. The summed E-state index contributed by atoms with van der Waals surface area (Å²) in [5.41, 5.74) is 6.07. The third-order valence-electron chi connectivity index (χ3n) is 2.69. The lowest BCUT2D eigenvalue weighted by Gasteiger charge is -2.06. The van der Waals surface area contributed by atoms with Crippen LogP contribution in [0, 0.1) is 0 Å². The van der Waals surface area contributed by atoms with Crippen molar-refractivity contribution in [2.24, 2.45) is 0 Å². The molecule has 1 aliphatic rings. The first-order chi connectivity index (χ1) is 6.31. The number of fused-ring (bicyclic) bond motifs is 1. The molecule has 1 aliphatic carbocycles. The predicted molar refractivity (Wildman–Crippen MR) is 60.9 cm³/mol. The number of benzene rings is 1. The van der Waals surface area contributed by atoms with Crippen LogP contribution in [0.15, 0.2) is 23.8 Å². The first-order valence-electron chi connectivity index (χ1n) is 5.09. The monoisotopic (exact) mass is 170 g/mol. The summed E-state index contributed by atoms with van der Waals surface area (Å²) >= 11 is 0. The number of allylic oxidation sites excluding steroid dienone is 1. The molecule has 0 aliphatic heterocycles. The van der Waals surface area contributed by atoms with Crippen LogP contribution in [0.4, 0.5) is 0 Å². The molecule has 0 nitrogen and oxygen atoms in total. The SMILES string of the molecule is BCCc1cccc2c1CC(C)=C2. The molecule has 0 N–H and O–H groups in total.